The second-order valence-corrected chi connectivity index (χ2v) is 3.88. The van der Waals surface area contributed by atoms with Gasteiger partial charge in [-0.3, -0.25) is 0 Å². The van der Waals surface area contributed by atoms with E-state index in [4.69, 9.17) is 21.8 Å². The van der Waals surface area contributed by atoms with Gasteiger partial charge in [0.25, 0.3) is 0 Å². The number of hydrogen-bond donors (Lipinski definition) is 1. The maximum atomic E-state index is 5.84. The normalized spacial score (nSPS) is 10.7. The average Bonchev–Trinajstić information content (AvgIpc) is 2.73. The van der Waals surface area contributed by atoms with E-state index in [0.29, 0.717) is 17.5 Å². The smallest absolute Gasteiger partial charge is 0.208 e. The molecular formula is C12H13ClN2O. The molecule has 16 heavy (non-hydrogen) atoms. The number of aryl methyl sites for hydroxylation is 1. The zero-order valence-electron chi connectivity index (χ0n) is 9.03. The summed E-state index contributed by atoms with van der Waals surface area (Å²) in [6.07, 6.45) is 0.797. The Morgan fingerprint density at radius 1 is 1.31 bits per heavy atom. The summed E-state index contributed by atoms with van der Waals surface area (Å²) in [6, 6.07) is 7.54. The first-order valence-electron chi connectivity index (χ1n) is 5.19. The Hall–Kier alpha value is -1.32. The quantitative estimate of drug-likeness (QED) is 0.891. The zero-order chi connectivity index (χ0) is 11.5. The molecule has 0 bridgehead atoms. The molecule has 2 rings (SSSR count). The molecule has 3 nitrogen and oxygen atoms in total. The van der Waals surface area contributed by atoms with Crippen LogP contribution in [0.3, 0.4) is 0 Å². The molecule has 0 aliphatic carbocycles. The van der Waals surface area contributed by atoms with Gasteiger partial charge in [-0.05, 0) is 12.1 Å². The van der Waals surface area contributed by atoms with Crippen LogP contribution in [-0.4, -0.2) is 4.98 Å². The maximum absolute atomic E-state index is 5.84. The van der Waals surface area contributed by atoms with Crippen LogP contribution in [0.25, 0.3) is 11.3 Å². The van der Waals surface area contributed by atoms with Crippen molar-refractivity contribution in [2.45, 2.75) is 19.9 Å². The summed E-state index contributed by atoms with van der Waals surface area (Å²) in [5, 5.41) is 0.712. The Labute approximate surface area is 99.2 Å². The maximum Gasteiger partial charge on any atom is 0.208 e. The first-order chi connectivity index (χ1) is 7.74. The first kappa shape index (κ1) is 11.2. The van der Waals surface area contributed by atoms with Crippen molar-refractivity contribution >= 4 is 11.6 Å². The molecular weight excluding hydrogens is 224 g/mol. The minimum absolute atomic E-state index is 0.320. The largest absolute Gasteiger partial charge is 0.444 e. The molecule has 0 unspecified atom stereocenters. The van der Waals surface area contributed by atoms with Crippen LogP contribution >= 0.6 is 11.6 Å². The van der Waals surface area contributed by atoms with Gasteiger partial charge >= 0.3 is 0 Å². The van der Waals surface area contributed by atoms with Crippen molar-refractivity contribution in [3.05, 3.63) is 40.9 Å². The molecule has 0 aliphatic heterocycles. The third-order valence-electron chi connectivity index (χ3n) is 2.36. The van der Waals surface area contributed by atoms with Gasteiger partial charge in [-0.1, -0.05) is 30.7 Å². The van der Waals surface area contributed by atoms with Gasteiger partial charge in [-0.2, -0.15) is 0 Å². The van der Waals surface area contributed by atoms with Crippen LogP contribution in [-0.2, 0) is 13.0 Å². The Kier molecular flexibility index (Phi) is 3.27. The summed E-state index contributed by atoms with van der Waals surface area (Å²) < 4.78 is 5.53. The first-order valence-corrected chi connectivity index (χ1v) is 5.57. The fourth-order valence-electron chi connectivity index (χ4n) is 1.56. The number of halogens is 1. The van der Waals surface area contributed by atoms with Crippen molar-refractivity contribution in [1.29, 1.82) is 0 Å². The second-order valence-electron chi connectivity index (χ2n) is 3.44. The second kappa shape index (κ2) is 4.68. The molecule has 0 spiro atoms. The van der Waals surface area contributed by atoms with Crippen molar-refractivity contribution < 1.29 is 4.42 Å². The molecule has 0 amide bonds. The van der Waals surface area contributed by atoms with Crippen molar-refractivity contribution in [2.75, 3.05) is 0 Å². The summed E-state index contributed by atoms with van der Waals surface area (Å²) >= 11 is 5.84. The monoisotopic (exact) mass is 236 g/mol. The summed E-state index contributed by atoms with van der Waals surface area (Å²) in [6.45, 7) is 2.35. The third kappa shape index (κ3) is 2.10. The van der Waals surface area contributed by atoms with Gasteiger partial charge in [-0.15, -0.1) is 0 Å². The minimum atomic E-state index is 0.320. The molecule has 4 heteroatoms. The van der Waals surface area contributed by atoms with Gasteiger partial charge < -0.3 is 10.2 Å². The van der Waals surface area contributed by atoms with E-state index in [2.05, 4.69) is 4.98 Å². The van der Waals surface area contributed by atoms with Crippen molar-refractivity contribution in [1.82, 2.24) is 4.98 Å². The lowest BCUT2D eigenvalue weighted by Crippen LogP contribution is -1.95. The standard InChI is InChI=1S/C12H13ClN2O/c1-2-10-12(15-11(7-14)16-10)8-3-5-9(13)6-4-8/h3-6H,2,7,14H2,1H3. The molecule has 0 radical (unpaired) electrons. The summed E-state index contributed by atoms with van der Waals surface area (Å²) in [5.74, 6) is 1.43. The van der Waals surface area contributed by atoms with Gasteiger partial charge in [0.2, 0.25) is 5.89 Å². The summed E-state index contributed by atoms with van der Waals surface area (Å²) in [7, 11) is 0. The molecule has 0 saturated heterocycles. The number of nitrogens with two attached hydrogens (primary N) is 1. The Balaban J connectivity index is 2.45. The highest BCUT2D eigenvalue weighted by Gasteiger charge is 2.12. The molecule has 2 aromatic rings. The SMILES string of the molecule is CCc1oc(CN)nc1-c1ccc(Cl)cc1. The highest BCUT2D eigenvalue weighted by atomic mass is 35.5. The fourth-order valence-corrected chi connectivity index (χ4v) is 1.69. The van der Waals surface area contributed by atoms with Crippen LogP contribution in [0.4, 0.5) is 0 Å². The van der Waals surface area contributed by atoms with Gasteiger partial charge in [0, 0.05) is 17.0 Å². The van der Waals surface area contributed by atoms with Crippen molar-refractivity contribution in [3.63, 3.8) is 0 Å². The van der Waals surface area contributed by atoms with Crippen LogP contribution in [0.1, 0.15) is 18.6 Å². The predicted octanol–water partition coefficient (Wildman–Crippen LogP) is 3.02. The van der Waals surface area contributed by atoms with Crippen LogP contribution in [0.2, 0.25) is 5.02 Å². The Morgan fingerprint density at radius 3 is 2.56 bits per heavy atom. The number of rotatable bonds is 3. The highest BCUT2D eigenvalue weighted by Crippen LogP contribution is 2.25. The van der Waals surface area contributed by atoms with Gasteiger partial charge in [0.15, 0.2) is 0 Å². The van der Waals surface area contributed by atoms with Crippen molar-refractivity contribution in [3.8, 4) is 11.3 Å². The van der Waals surface area contributed by atoms with Gasteiger partial charge in [-0.25, -0.2) is 4.98 Å². The topological polar surface area (TPSA) is 52.0 Å². The molecule has 84 valence electrons. The molecule has 0 atom stereocenters. The average molecular weight is 237 g/mol. The highest BCUT2D eigenvalue weighted by molar-refractivity contribution is 6.30. The molecule has 2 N–H and O–H groups in total. The fraction of sp³-hybridized carbons (Fsp3) is 0.250. The van der Waals surface area contributed by atoms with Crippen LogP contribution < -0.4 is 5.73 Å². The number of nitrogens with zero attached hydrogens (tertiary/aromatic N) is 1. The zero-order valence-corrected chi connectivity index (χ0v) is 9.79. The minimum Gasteiger partial charge on any atom is -0.444 e. The number of hydrogen-bond acceptors (Lipinski definition) is 3. The lowest BCUT2D eigenvalue weighted by Gasteiger charge is -1.98. The number of aromatic nitrogens is 1. The van der Waals surface area contributed by atoms with E-state index in [1.54, 1.807) is 0 Å². The molecule has 1 aromatic heterocycles. The van der Waals surface area contributed by atoms with E-state index in [1.807, 2.05) is 31.2 Å². The van der Waals surface area contributed by atoms with E-state index >= 15 is 0 Å². The number of benzene rings is 1. The van der Waals surface area contributed by atoms with Crippen LogP contribution in [0.5, 0.6) is 0 Å². The van der Waals surface area contributed by atoms with Gasteiger partial charge in [0.1, 0.15) is 11.5 Å². The lowest BCUT2D eigenvalue weighted by molar-refractivity contribution is 0.461. The predicted molar refractivity (Wildman–Crippen MR) is 64.2 cm³/mol. The molecule has 0 aliphatic rings. The molecule has 1 heterocycles. The van der Waals surface area contributed by atoms with E-state index in [-0.39, 0.29) is 0 Å². The molecule has 0 saturated carbocycles. The summed E-state index contributed by atoms with van der Waals surface area (Å²) in [4.78, 5) is 4.36. The summed E-state index contributed by atoms with van der Waals surface area (Å²) in [5.41, 5.74) is 7.38. The van der Waals surface area contributed by atoms with E-state index in [9.17, 15) is 0 Å². The van der Waals surface area contributed by atoms with Gasteiger partial charge in [0.05, 0.1) is 6.54 Å². The third-order valence-corrected chi connectivity index (χ3v) is 2.61. The Morgan fingerprint density at radius 2 is 2.00 bits per heavy atom. The van der Waals surface area contributed by atoms with E-state index in [1.165, 1.54) is 0 Å². The van der Waals surface area contributed by atoms with E-state index in [0.717, 1.165) is 23.4 Å². The van der Waals surface area contributed by atoms with Crippen molar-refractivity contribution in [2.24, 2.45) is 5.73 Å². The Bertz CT molecular complexity index is 476. The molecule has 0 fully saturated rings. The van der Waals surface area contributed by atoms with Crippen LogP contribution in [0, 0.1) is 0 Å². The number of oxazole rings is 1. The lowest BCUT2D eigenvalue weighted by atomic mass is 10.1. The van der Waals surface area contributed by atoms with Crippen LogP contribution in [0.15, 0.2) is 28.7 Å². The molecule has 1 aromatic carbocycles. The van der Waals surface area contributed by atoms with E-state index < -0.39 is 0 Å².